The van der Waals surface area contributed by atoms with E-state index in [0.717, 1.165) is 37.7 Å². The molecule has 0 atom stereocenters. The number of methoxy groups -OCH3 is 1. The number of nitrogens with one attached hydrogen (secondary N) is 2. The van der Waals surface area contributed by atoms with Gasteiger partial charge in [0.15, 0.2) is 5.82 Å². The Morgan fingerprint density at radius 3 is 2.95 bits per heavy atom. The van der Waals surface area contributed by atoms with Gasteiger partial charge < -0.3 is 15.0 Å². The van der Waals surface area contributed by atoms with Crippen LogP contribution in [0.5, 0.6) is 5.75 Å². The number of ether oxygens (including phenoxy) is 1. The number of hydrogen-bond donors (Lipinski definition) is 2. The first-order valence-electron chi connectivity index (χ1n) is 6.25. The second kappa shape index (κ2) is 5.23. The summed E-state index contributed by atoms with van der Waals surface area (Å²) in [6.45, 7) is 3.76. The fourth-order valence-electron chi connectivity index (χ4n) is 2.12. The van der Waals surface area contributed by atoms with Gasteiger partial charge in [0.25, 0.3) is 0 Å². The maximum Gasteiger partial charge on any atom is 0.245 e. The molecule has 1 aliphatic heterocycles. The quantitative estimate of drug-likeness (QED) is 0.825. The highest BCUT2D eigenvalue weighted by atomic mass is 16.5. The number of H-pyrrole nitrogens is 1. The lowest BCUT2D eigenvalue weighted by Crippen LogP contribution is -2.44. The monoisotopic (exact) mass is 260 g/mol. The molecule has 2 aromatic rings. The summed E-state index contributed by atoms with van der Waals surface area (Å²) < 4.78 is 5.28. The van der Waals surface area contributed by atoms with Crippen molar-refractivity contribution in [3.63, 3.8) is 0 Å². The predicted molar refractivity (Wildman–Crippen MR) is 71.2 cm³/mol. The molecule has 7 nitrogen and oxygen atoms in total. The summed E-state index contributed by atoms with van der Waals surface area (Å²) in [6.07, 6.45) is 3.38. The first-order chi connectivity index (χ1) is 9.38. The Morgan fingerprint density at radius 1 is 1.32 bits per heavy atom. The Bertz CT molecular complexity index is 549. The largest absolute Gasteiger partial charge is 0.494 e. The maximum absolute atomic E-state index is 5.28. The topological polar surface area (TPSA) is 79.0 Å². The number of pyridine rings is 1. The molecule has 0 unspecified atom stereocenters. The van der Waals surface area contributed by atoms with E-state index in [1.54, 1.807) is 19.5 Å². The van der Waals surface area contributed by atoms with Crippen molar-refractivity contribution >= 4 is 5.95 Å². The first kappa shape index (κ1) is 11.9. The van der Waals surface area contributed by atoms with Gasteiger partial charge in [0, 0.05) is 32.4 Å². The minimum absolute atomic E-state index is 0.686. The van der Waals surface area contributed by atoms with E-state index in [2.05, 4.69) is 30.4 Å². The summed E-state index contributed by atoms with van der Waals surface area (Å²) >= 11 is 0. The molecule has 2 aromatic heterocycles. The zero-order valence-corrected chi connectivity index (χ0v) is 10.8. The summed E-state index contributed by atoms with van der Waals surface area (Å²) in [5.41, 5.74) is 0.867. The van der Waals surface area contributed by atoms with Crippen molar-refractivity contribution in [1.82, 2.24) is 25.5 Å². The third-order valence-corrected chi connectivity index (χ3v) is 3.13. The van der Waals surface area contributed by atoms with Gasteiger partial charge in [-0.15, -0.1) is 5.10 Å². The molecule has 2 N–H and O–H groups in total. The lowest BCUT2D eigenvalue weighted by molar-refractivity contribution is 0.414. The minimum atomic E-state index is 0.686. The molecule has 100 valence electrons. The minimum Gasteiger partial charge on any atom is -0.494 e. The lowest BCUT2D eigenvalue weighted by atomic mass is 10.2. The van der Waals surface area contributed by atoms with Gasteiger partial charge in [0.05, 0.1) is 18.9 Å². The Labute approximate surface area is 111 Å². The second-order valence-corrected chi connectivity index (χ2v) is 4.30. The van der Waals surface area contributed by atoms with Gasteiger partial charge in [-0.25, -0.2) is 0 Å². The molecular formula is C12H16N6O. The van der Waals surface area contributed by atoms with Gasteiger partial charge in [0.1, 0.15) is 5.75 Å². The molecule has 1 fully saturated rings. The fourth-order valence-corrected chi connectivity index (χ4v) is 2.12. The molecule has 1 aliphatic rings. The van der Waals surface area contributed by atoms with Crippen molar-refractivity contribution in [1.29, 1.82) is 0 Å². The average Bonchev–Trinajstić information content (AvgIpc) is 2.98. The Hall–Kier alpha value is -2.15. The van der Waals surface area contributed by atoms with Crippen LogP contribution in [0.4, 0.5) is 5.95 Å². The third kappa shape index (κ3) is 2.37. The van der Waals surface area contributed by atoms with Gasteiger partial charge in [-0.3, -0.25) is 10.1 Å². The Balaban J connectivity index is 1.88. The van der Waals surface area contributed by atoms with E-state index in [1.165, 1.54) is 0 Å². The van der Waals surface area contributed by atoms with Crippen molar-refractivity contribution in [2.45, 2.75) is 0 Å². The number of anilines is 1. The van der Waals surface area contributed by atoms with E-state index in [0.29, 0.717) is 11.6 Å². The fraction of sp³-hybridized carbons (Fsp3) is 0.417. The molecule has 0 aromatic carbocycles. The number of hydrogen-bond acceptors (Lipinski definition) is 6. The summed E-state index contributed by atoms with van der Waals surface area (Å²) in [5.74, 6) is 2.12. The standard InChI is InChI=1S/C12H16N6O/c1-19-10-8-14-3-2-9(10)11-15-12(17-16-11)18-6-4-13-5-7-18/h2-3,8,13H,4-7H2,1H3,(H,15,16,17). The van der Waals surface area contributed by atoms with Crippen LogP contribution in [0.15, 0.2) is 18.5 Å². The van der Waals surface area contributed by atoms with E-state index in [9.17, 15) is 0 Å². The molecule has 0 radical (unpaired) electrons. The molecule has 7 heteroatoms. The maximum atomic E-state index is 5.28. The molecule has 0 amide bonds. The highest BCUT2D eigenvalue weighted by Gasteiger charge is 2.16. The van der Waals surface area contributed by atoms with Crippen LogP contribution < -0.4 is 15.0 Å². The smallest absolute Gasteiger partial charge is 0.245 e. The molecule has 0 bridgehead atoms. The van der Waals surface area contributed by atoms with Crippen LogP contribution in [0.1, 0.15) is 0 Å². The summed E-state index contributed by atoms with van der Waals surface area (Å²) in [6, 6.07) is 1.86. The van der Waals surface area contributed by atoms with Crippen molar-refractivity contribution < 1.29 is 4.74 Å². The molecule has 3 heterocycles. The van der Waals surface area contributed by atoms with Crippen LogP contribution in [-0.4, -0.2) is 53.5 Å². The van der Waals surface area contributed by atoms with Crippen molar-refractivity contribution in [3.05, 3.63) is 18.5 Å². The molecule has 0 spiro atoms. The Kier molecular flexibility index (Phi) is 3.28. The van der Waals surface area contributed by atoms with Gasteiger partial charge >= 0.3 is 0 Å². The van der Waals surface area contributed by atoms with Crippen LogP contribution in [0.25, 0.3) is 11.4 Å². The molecule has 19 heavy (non-hydrogen) atoms. The van der Waals surface area contributed by atoms with Crippen LogP contribution in [0, 0.1) is 0 Å². The highest BCUT2D eigenvalue weighted by molar-refractivity contribution is 5.63. The Morgan fingerprint density at radius 2 is 2.16 bits per heavy atom. The van der Waals surface area contributed by atoms with E-state index in [1.807, 2.05) is 6.07 Å². The van der Waals surface area contributed by atoms with Gasteiger partial charge in [-0.1, -0.05) is 0 Å². The molecular weight excluding hydrogens is 244 g/mol. The van der Waals surface area contributed by atoms with Crippen molar-refractivity contribution in [2.75, 3.05) is 38.2 Å². The molecule has 0 aliphatic carbocycles. The molecule has 3 rings (SSSR count). The SMILES string of the molecule is COc1cnccc1-c1nc(N2CCNCC2)n[nH]1. The van der Waals surface area contributed by atoms with E-state index in [4.69, 9.17) is 4.74 Å². The normalized spacial score (nSPS) is 15.5. The number of nitrogens with zero attached hydrogens (tertiary/aromatic N) is 4. The summed E-state index contributed by atoms with van der Waals surface area (Å²) in [4.78, 5) is 10.7. The number of piperazine rings is 1. The van der Waals surface area contributed by atoms with E-state index in [-0.39, 0.29) is 0 Å². The van der Waals surface area contributed by atoms with Crippen molar-refractivity contribution in [2.24, 2.45) is 0 Å². The van der Waals surface area contributed by atoms with E-state index < -0.39 is 0 Å². The predicted octanol–water partition coefficient (Wildman–Crippen LogP) is 0.285. The average molecular weight is 260 g/mol. The van der Waals surface area contributed by atoms with Crippen LogP contribution >= 0.6 is 0 Å². The van der Waals surface area contributed by atoms with Gasteiger partial charge in [-0.05, 0) is 6.07 Å². The number of rotatable bonds is 3. The van der Waals surface area contributed by atoms with Gasteiger partial charge in [0.2, 0.25) is 5.95 Å². The first-order valence-corrected chi connectivity index (χ1v) is 6.25. The lowest BCUT2D eigenvalue weighted by Gasteiger charge is -2.25. The second-order valence-electron chi connectivity index (χ2n) is 4.30. The van der Waals surface area contributed by atoms with Crippen LogP contribution in [-0.2, 0) is 0 Å². The number of aromatic nitrogens is 4. The summed E-state index contributed by atoms with van der Waals surface area (Å²) in [5, 5.41) is 10.5. The van der Waals surface area contributed by atoms with Crippen LogP contribution in [0.3, 0.4) is 0 Å². The zero-order valence-electron chi connectivity index (χ0n) is 10.8. The summed E-state index contributed by atoms with van der Waals surface area (Å²) in [7, 11) is 1.62. The van der Waals surface area contributed by atoms with E-state index >= 15 is 0 Å². The molecule has 1 saturated heterocycles. The highest BCUT2D eigenvalue weighted by Crippen LogP contribution is 2.26. The third-order valence-electron chi connectivity index (χ3n) is 3.13. The van der Waals surface area contributed by atoms with Gasteiger partial charge in [-0.2, -0.15) is 4.98 Å². The molecule has 0 saturated carbocycles. The van der Waals surface area contributed by atoms with Crippen LogP contribution in [0.2, 0.25) is 0 Å². The zero-order chi connectivity index (χ0) is 13.1. The number of aromatic amines is 1. The van der Waals surface area contributed by atoms with Crippen molar-refractivity contribution in [3.8, 4) is 17.1 Å².